The Morgan fingerprint density at radius 2 is 2.00 bits per heavy atom. The molecule has 1 unspecified atom stereocenters. The van der Waals surface area contributed by atoms with Crippen LogP contribution < -0.4 is 14.4 Å². The van der Waals surface area contributed by atoms with E-state index in [2.05, 4.69) is 4.98 Å². The van der Waals surface area contributed by atoms with Gasteiger partial charge in [-0.15, -0.1) is 0 Å². The fraction of sp³-hybridized carbons (Fsp3) is 0.222. The van der Waals surface area contributed by atoms with E-state index < -0.39 is 17.7 Å². The molecule has 0 aliphatic carbocycles. The molecule has 1 N–H and O–H groups in total. The minimum atomic E-state index is -0.837. The Kier molecular flexibility index (Phi) is 5.86. The van der Waals surface area contributed by atoms with E-state index in [9.17, 15) is 14.7 Å². The van der Waals surface area contributed by atoms with Crippen molar-refractivity contribution in [1.82, 2.24) is 9.88 Å². The van der Waals surface area contributed by atoms with Crippen LogP contribution >= 0.6 is 0 Å². The number of aliphatic hydroxyl groups is 1. The molecule has 35 heavy (non-hydrogen) atoms. The lowest BCUT2D eigenvalue weighted by molar-refractivity contribution is -0.140. The van der Waals surface area contributed by atoms with Crippen LogP contribution in [-0.2, 0) is 16.1 Å². The third kappa shape index (κ3) is 3.97. The zero-order valence-electron chi connectivity index (χ0n) is 19.5. The highest BCUT2D eigenvalue weighted by molar-refractivity contribution is 6.46. The third-order valence-electron chi connectivity index (χ3n) is 6.38. The maximum Gasteiger partial charge on any atom is 0.295 e. The van der Waals surface area contributed by atoms with Crippen molar-refractivity contribution in [3.8, 4) is 11.5 Å². The number of likely N-dealkylation sites (tertiary alicyclic amines) is 1. The van der Waals surface area contributed by atoms with Gasteiger partial charge >= 0.3 is 0 Å². The summed E-state index contributed by atoms with van der Waals surface area (Å²) in [4.78, 5) is 34.2. The van der Waals surface area contributed by atoms with Gasteiger partial charge in [-0.25, -0.2) is 0 Å². The van der Waals surface area contributed by atoms with Crippen molar-refractivity contribution in [2.45, 2.75) is 12.6 Å². The van der Waals surface area contributed by atoms with Gasteiger partial charge in [-0.3, -0.25) is 14.6 Å². The van der Waals surface area contributed by atoms with E-state index in [4.69, 9.17) is 9.47 Å². The van der Waals surface area contributed by atoms with E-state index in [1.54, 1.807) is 48.8 Å². The number of likely N-dealkylation sites (N-methyl/N-ethyl adjacent to an activating group) is 1. The summed E-state index contributed by atoms with van der Waals surface area (Å²) in [6.45, 7) is 1.43. The van der Waals surface area contributed by atoms with Crippen LogP contribution in [0.2, 0.25) is 0 Å². The molecule has 0 spiro atoms. The van der Waals surface area contributed by atoms with Gasteiger partial charge in [0, 0.05) is 37.1 Å². The Balaban J connectivity index is 1.67. The lowest BCUT2D eigenvalue weighted by Gasteiger charge is -2.28. The van der Waals surface area contributed by atoms with Gasteiger partial charge in [-0.2, -0.15) is 0 Å². The molecule has 1 aromatic heterocycles. The minimum Gasteiger partial charge on any atom is -0.507 e. The number of methoxy groups -OCH3 is 1. The van der Waals surface area contributed by atoms with Crippen molar-refractivity contribution in [3.05, 3.63) is 89.3 Å². The molecule has 1 fully saturated rings. The van der Waals surface area contributed by atoms with Gasteiger partial charge in [0.2, 0.25) is 0 Å². The number of carbonyl (C=O) groups excluding carboxylic acids is 2. The van der Waals surface area contributed by atoms with E-state index in [1.165, 1.54) is 12.0 Å². The molecule has 8 heteroatoms. The second-order valence-electron chi connectivity index (χ2n) is 8.48. The number of fused-ring (bicyclic) bond motifs is 1. The van der Waals surface area contributed by atoms with E-state index in [0.717, 1.165) is 11.3 Å². The normalized spacial score (nSPS) is 18.9. The monoisotopic (exact) mass is 471 g/mol. The number of rotatable bonds is 5. The highest BCUT2D eigenvalue weighted by Gasteiger charge is 2.47. The van der Waals surface area contributed by atoms with Crippen molar-refractivity contribution >= 4 is 23.1 Å². The predicted octanol–water partition coefficient (Wildman–Crippen LogP) is 3.54. The molecule has 1 amide bonds. The summed E-state index contributed by atoms with van der Waals surface area (Å²) in [7, 11) is 3.47. The molecule has 2 aliphatic rings. The quantitative estimate of drug-likeness (QED) is 0.346. The van der Waals surface area contributed by atoms with Gasteiger partial charge in [0.25, 0.3) is 11.7 Å². The lowest BCUT2D eigenvalue weighted by atomic mass is 9.94. The molecule has 0 radical (unpaired) electrons. The first-order chi connectivity index (χ1) is 17.0. The SMILES string of the molecule is COc1ccccc1C1/C(=C(\O)c2ccc3c(c2)N(C)CCO3)C(=O)C(=O)N1Cc1cccnc1. The summed E-state index contributed by atoms with van der Waals surface area (Å²) in [5.74, 6) is -0.460. The topological polar surface area (TPSA) is 92.2 Å². The number of para-hydroxylation sites is 1. The Morgan fingerprint density at radius 3 is 2.77 bits per heavy atom. The Labute approximate surface area is 203 Å². The average molecular weight is 472 g/mol. The fourth-order valence-electron chi connectivity index (χ4n) is 4.60. The Morgan fingerprint density at radius 1 is 1.17 bits per heavy atom. The van der Waals surface area contributed by atoms with Crippen molar-refractivity contribution in [3.63, 3.8) is 0 Å². The molecule has 8 nitrogen and oxygen atoms in total. The number of carbonyl (C=O) groups is 2. The number of ketones is 1. The van der Waals surface area contributed by atoms with Crippen LogP contribution in [0.5, 0.6) is 11.5 Å². The first kappa shape index (κ1) is 22.5. The maximum absolute atomic E-state index is 13.4. The number of nitrogens with zero attached hydrogens (tertiary/aromatic N) is 3. The summed E-state index contributed by atoms with van der Waals surface area (Å²) in [5, 5.41) is 11.4. The number of aliphatic hydroxyl groups excluding tert-OH is 1. The molecule has 0 saturated carbocycles. The van der Waals surface area contributed by atoms with E-state index in [-0.39, 0.29) is 17.9 Å². The van der Waals surface area contributed by atoms with E-state index in [0.29, 0.717) is 35.8 Å². The van der Waals surface area contributed by atoms with Crippen molar-refractivity contribution in [2.24, 2.45) is 0 Å². The standard InChI is InChI=1S/C27H25N3O5/c1-29-12-13-35-22-10-9-18(14-20(22)29)25(31)23-24(19-7-3-4-8-21(19)34-2)30(27(33)26(23)32)16-17-6-5-11-28-15-17/h3-11,14-15,24,31H,12-13,16H2,1-2H3/b25-23+. The van der Waals surface area contributed by atoms with Gasteiger partial charge in [0.15, 0.2) is 0 Å². The van der Waals surface area contributed by atoms with Crippen molar-refractivity contribution < 1.29 is 24.2 Å². The number of pyridine rings is 1. The molecule has 3 aromatic rings. The lowest BCUT2D eigenvalue weighted by Crippen LogP contribution is -2.29. The smallest absolute Gasteiger partial charge is 0.295 e. The highest BCUT2D eigenvalue weighted by atomic mass is 16.5. The summed E-state index contributed by atoms with van der Waals surface area (Å²) in [6, 6.07) is 15.2. The predicted molar refractivity (Wildman–Crippen MR) is 130 cm³/mol. The number of Topliss-reactive ketones (excluding diaryl/α,β-unsaturated/α-hetero) is 1. The van der Waals surface area contributed by atoms with Crippen LogP contribution in [0.4, 0.5) is 5.69 Å². The number of benzene rings is 2. The molecule has 2 aliphatic heterocycles. The van der Waals surface area contributed by atoms with Crippen LogP contribution in [0.25, 0.3) is 5.76 Å². The minimum absolute atomic E-state index is 0.0164. The molecule has 1 atom stereocenters. The zero-order valence-corrected chi connectivity index (χ0v) is 19.5. The van der Waals surface area contributed by atoms with Crippen LogP contribution in [0.15, 0.2) is 72.6 Å². The number of hydrogen-bond acceptors (Lipinski definition) is 7. The van der Waals surface area contributed by atoms with Crippen molar-refractivity contribution in [1.29, 1.82) is 0 Å². The summed E-state index contributed by atoms with van der Waals surface area (Å²) < 4.78 is 11.3. The maximum atomic E-state index is 13.4. The summed E-state index contributed by atoms with van der Waals surface area (Å²) >= 11 is 0. The van der Waals surface area contributed by atoms with Gasteiger partial charge in [-0.1, -0.05) is 24.3 Å². The second-order valence-corrected chi connectivity index (χ2v) is 8.48. The molecule has 3 heterocycles. The second kappa shape index (κ2) is 9.13. The first-order valence-corrected chi connectivity index (χ1v) is 11.3. The molecule has 2 aromatic carbocycles. The van der Waals surface area contributed by atoms with Gasteiger partial charge in [0.05, 0.1) is 31.0 Å². The number of aromatic nitrogens is 1. The van der Waals surface area contributed by atoms with Gasteiger partial charge in [0.1, 0.15) is 23.9 Å². The van der Waals surface area contributed by atoms with Gasteiger partial charge in [-0.05, 0) is 35.9 Å². The van der Waals surface area contributed by atoms with E-state index in [1.807, 2.05) is 30.1 Å². The molecule has 1 saturated heterocycles. The first-order valence-electron chi connectivity index (χ1n) is 11.3. The number of amides is 1. The highest BCUT2D eigenvalue weighted by Crippen LogP contribution is 2.44. The van der Waals surface area contributed by atoms with Crippen molar-refractivity contribution in [2.75, 3.05) is 32.2 Å². The van der Waals surface area contributed by atoms with Crippen LogP contribution in [0.1, 0.15) is 22.7 Å². The zero-order chi connectivity index (χ0) is 24.5. The van der Waals surface area contributed by atoms with E-state index >= 15 is 0 Å². The largest absolute Gasteiger partial charge is 0.507 e. The van der Waals surface area contributed by atoms with Crippen LogP contribution in [0, 0.1) is 0 Å². The number of hydrogen-bond donors (Lipinski definition) is 1. The summed E-state index contributed by atoms with van der Waals surface area (Å²) in [6.07, 6.45) is 3.30. The Hall–Kier alpha value is -4.33. The van der Waals surface area contributed by atoms with Gasteiger partial charge < -0.3 is 24.4 Å². The summed E-state index contributed by atoms with van der Waals surface area (Å²) in [5.41, 5.74) is 2.63. The number of anilines is 1. The third-order valence-corrected chi connectivity index (χ3v) is 6.38. The van der Waals surface area contributed by atoms with Crippen LogP contribution in [-0.4, -0.2) is 54.0 Å². The molecule has 178 valence electrons. The molecule has 0 bridgehead atoms. The molecule has 5 rings (SSSR count). The van der Waals surface area contributed by atoms with Crippen LogP contribution in [0.3, 0.4) is 0 Å². The molecular formula is C27H25N3O5. The number of ether oxygens (including phenoxy) is 2. The average Bonchev–Trinajstić information content (AvgIpc) is 3.13. The Bertz CT molecular complexity index is 1320. The fourth-order valence-corrected chi connectivity index (χ4v) is 4.60. The molecular weight excluding hydrogens is 446 g/mol.